The van der Waals surface area contributed by atoms with Gasteiger partial charge >= 0.3 is 12.0 Å². The predicted octanol–water partition coefficient (Wildman–Crippen LogP) is 2.56. The number of rotatable bonds is 3. The SMILES string of the molecule is CSC1CCCCC1NC(=O)N1CCC(C)CC1C(=O)O. The number of carboxylic acids is 1. The van der Waals surface area contributed by atoms with E-state index in [1.165, 1.54) is 11.3 Å². The van der Waals surface area contributed by atoms with Crippen molar-refractivity contribution in [1.29, 1.82) is 0 Å². The van der Waals surface area contributed by atoms with Crippen LogP contribution in [0.2, 0.25) is 0 Å². The van der Waals surface area contributed by atoms with E-state index in [9.17, 15) is 14.7 Å². The molecule has 1 aliphatic heterocycles. The summed E-state index contributed by atoms with van der Waals surface area (Å²) in [4.78, 5) is 25.4. The molecular formula is C15H26N2O3S. The summed E-state index contributed by atoms with van der Waals surface area (Å²) < 4.78 is 0. The van der Waals surface area contributed by atoms with Gasteiger partial charge in [0.15, 0.2) is 0 Å². The fourth-order valence-electron chi connectivity index (χ4n) is 3.40. The Balaban J connectivity index is 1.99. The fourth-order valence-corrected chi connectivity index (χ4v) is 4.34. The van der Waals surface area contributed by atoms with E-state index in [2.05, 4.69) is 18.5 Å². The van der Waals surface area contributed by atoms with Crippen molar-refractivity contribution < 1.29 is 14.7 Å². The van der Waals surface area contributed by atoms with E-state index in [1.54, 1.807) is 11.8 Å². The van der Waals surface area contributed by atoms with Crippen LogP contribution in [-0.2, 0) is 4.79 Å². The number of aliphatic carboxylic acids is 1. The molecule has 2 amide bonds. The van der Waals surface area contributed by atoms with E-state index in [0.717, 1.165) is 25.7 Å². The number of carboxylic acid groups (broad SMARTS) is 1. The first-order valence-corrected chi connectivity index (χ1v) is 9.14. The van der Waals surface area contributed by atoms with E-state index in [0.29, 0.717) is 24.1 Å². The third-order valence-electron chi connectivity index (χ3n) is 4.72. The molecule has 2 fully saturated rings. The molecule has 1 saturated carbocycles. The lowest BCUT2D eigenvalue weighted by atomic mass is 9.92. The highest BCUT2D eigenvalue weighted by Gasteiger charge is 2.36. The Kier molecular flexibility index (Phi) is 5.79. The van der Waals surface area contributed by atoms with Crippen LogP contribution in [0.4, 0.5) is 4.79 Å². The van der Waals surface area contributed by atoms with Crippen LogP contribution in [0.25, 0.3) is 0 Å². The van der Waals surface area contributed by atoms with Crippen LogP contribution in [0, 0.1) is 5.92 Å². The molecule has 4 unspecified atom stereocenters. The maximum atomic E-state index is 12.5. The van der Waals surface area contributed by atoms with E-state index in [1.807, 2.05) is 0 Å². The minimum absolute atomic E-state index is 0.176. The van der Waals surface area contributed by atoms with Crippen LogP contribution in [0.15, 0.2) is 0 Å². The van der Waals surface area contributed by atoms with Crippen molar-refractivity contribution in [3.63, 3.8) is 0 Å². The van der Waals surface area contributed by atoms with Crippen LogP contribution in [-0.4, -0.2) is 52.1 Å². The summed E-state index contributed by atoms with van der Waals surface area (Å²) in [6.07, 6.45) is 8.01. The van der Waals surface area contributed by atoms with Crippen molar-refractivity contribution >= 4 is 23.8 Å². The molecule has 1 saturated heterocycles. The number of likely N-dealkylation sites (tertiary alicyclic amines) is 1. The molecule has 2 aliphatic rings. The zero-order valence-electron chi connectivity index (χ0n) is 12.9. The normalized spacial score (nSPS) is 33.5. The molecule has 1 aliphatic carbocycles. The van der Waals surface area contributed by atoms with Crippen molar-refractivity contribution in [3.05, 3.63) is 0 Å². The number of carbonyl (C=O) groups excluding carboxylic acids is 1. The molecule has 0 bridgehead atoms. The summed E-state index contributed by atoms with van der Waals surface area (Å²) in [7, 11) is 0. The molecule has 0 aromatic rings. The van der Waals surface area contributed by atoms with Gasteiger partial charge in [0.1, 0.15) is 6.04 Å². The van der Waals surface area contributed by atoms with Gasteiger partial charge in [-0.2, -0.15) is 11.8 Å². The quantitative estimate of drug-likeness (QED) is 0.840. The first kappa shape index (κ1) is 16.5. The Morgan fingerprint density at radius 2 is 1.95 bits per heavy atom. The summed E-state index contributed by atoms with van der Waals surface area (Å²) in [5.41, 5.74) is 0. The molecular weight excluding hydrogens is 288 g/mol. The molecule has 6 heteroatoms. The molecule has 1 heterocycles. The number of piperidine rings is 1. The third kappa shape index (κ3) is 4.05. The second-order valence-corrected chi connectivity index (χ2v) is 7.37. The second kappa shape index (κ2) is 7.38. The lowest BCUT2D eigenvalue weighted by Gasteiger charge is -2.38. The number of amides is 2. The molecule has 4 atom stereocenters. The van der Waals surface area contributed by atoms with Gasteiger partial charge in [0.05, 0.1) is 0 Å². The Hall–Kier alpha value is -0.910. The van der Waals surface area contributed by atoms with E-state index < -0.39 is 12.0 Å². The fraction of sp³-hybridized carbons (Fsp3) is 0.867. The smallest absolute Gasteiger partial charge is 0.326 e. The lowest BCUT2D eigenvalue weighted by molar-refractivity contribution is -0.143. The first-order valence-electron chi connectivity index (χ1n) is 7.85. The van der Waals surface area contributed by atoms with E-state index >= 15 is 0 Å². The Morgan fingerprint density at radius 1 is 1.24 bits per heavy atom. The van der Waals surface area contributed by atoms with Gasteiger partial charge in [-0.1, -0.05) is 19.8 Å². The van der Waals surface area contributed by atoms with Crippen LogP contribution in [0.5, 0.6) is 0 Å². The number of nitrogens with zero attached hydrogens (tertiary/aromatic N) is 1. The molecule has 5 nitrogen and oxygen atoms in total. The number of urea groups is 1. The summed E-state index contributed by atoms with van der Waals surface area (Å²) in [6, 6.07) is -0.694. The highest BCUT2D eigenvalue weighted by molar-refractivity contribution is 7.99. The number of nitrogens with one attached hydrogen (secondary N) is 1. The molecule has 120 valence electrons. The number of carbonyl (C=O) groups is 2. The van der Waals surface area contributed by atoms with Crippen LogP contribution >= 0.6 is 11.8 Å². The molecule has 0 aromatic heterocycles. The van der Waals surface area contributed by atoms with E-state index in [4.69, 9.17) is 0 Å². The van der Waals surface area contributed by atoms with Crippen LogP contribution < -0.4 is 5.32 Å². The maximum absolute atomic E-state index is 12.5. The average molecular weight is 314 g/mol. The minimum atomic E-state index is -0.887. The van der Waals surface area contributed by atoms with Gasteiger partial charge in [0.25, 0.3) is 0 Å². The minimum Gasteiger partial charge on any atom is -0.480 e. The van der Waals surface area contributed by atoms with Gasteiger partial charge in [-0.25, -0.2) is 9.59 Å². The zero-order valence-corrected chi connectivity index (χ0v) is 13.7. The number of hydrogen-bond donors (Lipinski definition) is 2. The van der Waals surface area contributed by atoms with Gasteiger partial charge < -0.3 is 15.3 Å². The van der Waals surface area contributed by atoms with Crippen molar-refractivity contribution in [3.8, 4) is 0 Å². The zero-order chi connectivity index (χ0) is 15.4. The first-order chi connectivity index (χ1) is 10.0. The van der Waals surface area contributed by atoms with Gasteiger partial charge in [-0.05, 0) is 37.9 Å². The second-order valence-electron chi connectivity index (χ2n) is 6.29. The summed E-state index contributed by atoms with van der Waals surface area (Å²) in [5, 5.41) is 12.9. The summed E-state index contributed by atoms with van der Waals surface area (Å²) >= 11 is 1.80. The Bertz CT molecular complexity index is 391. The highest BCUT2D eigenvalue weighted by atomic mass is 32.2. The summed E-state index contributed by atoms with van der Waals surface area (Å²) in [5.74, 6) is -0.523. The molecule has 2 N–H and O–H groups in total. The van der Waals surface area contributed by atoms with Crippen molar-refractivity contribution in [2.75, 3.05) is 12.8 Å². The summed E-state index contributed by atoms with van der Waals surface area (Å²) in [6.45, 7) is 2.59. The van der Waals surface area contributed by atoms with Crippen molar-refractivity contribution in [2.45, 2.75) is 62.8 Å². The van der Waals surface area contributed by atoms with Crippen molar-refractivity contribution in [1.82, 2.24) is 10.2 Å². The molecule has 0 spiro atoms. The Labute approximate surface area is 130 Å². The van der Waals surface area contributed by atoms with Crippen LogP contribution in [0.3, 0.4) is 0 Å². The third-order valence-corrected chi connectivity index (χ3v) is 5.89. The van der Waals surface area contributed by atoms with Gasteiger partial charge in [-0.15, -0.1) is 0 Å². The van der Waals surface area contributed by atoms with Gasteiger partial charge in [-0.3, -0.25) is 0 Å². The number of thioether (sulfide) groups is 1. The largest absolute Gasteiger partial charge is 0.480 e. The monoisotopic (exact) mass is 314 g/mol. The number of hydrogen-bond acceptors (Lipinski definition) is 3. The van der Waals surface area contributed by atoms with Crippen molar-refractivity contribution in [2.24, 2.45) is 5.92 Å². The topological polar surface area (TPSA) is 69.6 Å². The highest BCUT2D eigenvalue weighted by Crippen LogP contribution is 2.28. The standard InChI is InChI=1S/C15H26N2O3S/c1-10-7-8-17(12(9-10)14(18)19)15(20)16-11-5-3-4-6-13(11)21-2/h10-13H,3-9H2,1-2H3,(H,16,20)(H,18,19). The Morgan fingerprint density at radius 3 is 2.62 bits per heavy atom. The lowest BCUT2D eigenvalue weighted by Crippen LogP contribution is -2.56. The predicted molar refractivity (Wildman–Crippen MR) is 84.6 cm³/mol. The molecule has 2 rings (SSSR count). The van der Waals surface area contributed by atoms with E-state index in [-0.39, 0.29) is 12.1 Å². The maximum Gasteiger partial charge on any atom is 0.326 e. The molecule has 21 heavy (non-hydrogen) atoms. The van der Waals surface area contributed by atoms with Crippen LogP contribution in [0.1, 0.15) is 45.4 Å². The van der Waals surface area contributed by atoms with Gasteiger partial charge in [0, 0.05) is 17.8 Å². The molecule has 0 aromatic carbocycles. The molecule has 0 radical (unpaired) electrons. The average Bonchev–Trinajstić information content (AvgIpc) is 2.47. The van der Waals surface area contributed by atoms with Gasteiger partial charge in [0.2, 0.25) is 0 Å².